The van der Waals surface area contributed by atoms with Crippen LogP contribution in [0.5, 0.6) is 0 Å². The van der Waals surface area contributed by atoms with Crippen molar-refractivity contribution in [1.82, 2.24) is 5.43 Å². The first-order chi connectivity index (χ1) is 14.4. The molecule has 0 bridgehead atoms. The van der Waals surface area contributed by atoms with Crippen molar-refractivity contribution in [3.63, 3.8) is 0 Å². The minimum atomic E-state index is -3.97. The second-order valence-electron chi connectivity index (χ2n) is 6.51. The molecular weight excluding hydrogens is 422 g/mol. The second-order valence-corrected chi connectivity index (χ2v) is 8.80. The van der Waals surface area contributed by atoms with Crippen molar-refractivity contribution in [2.45, 2.75) is 11.8 Å². The molecule has 3 aromatic rings. The minimum absolute atomic E-state index is 0.0795. The highest BCUT2D eigenvalue weighted by Gasteiger charge is 2.27. The summed E-state index contributed by atoms with van der Waals surface area (Å²) in [6, 6.07) is 21.7. The van der Waals surface area contributed by atoms with Crippen LogP contribution in [0.15, 0.2) is 88.9 Å². The number of nitrogens with one attached hydrogen (secondary N) is 1. The molecule has 154 valence electrons. The minimum Gasteiger partial charge on any atom is -0.271 e. The number of carbonyl (C=O) groups is 1. The van der Waals surface area contributed by atoms with E-state index in [0.29, 0.717) is 10.7 Å². The number of anilines is 1. The number of aryl methyl sites for hydroxylation is 1. The fraction of sp³-hybridized carbons (Fsp3) is 0.0909. The van der Waals surface area contributed by atoms with Crippen LogP contribution in [-0.2, 0) is 14.8 Å². The van der Waals surface area contributed by atoms with Gasteiger partial charge in [-0.25, -0.2) is 13.8 Å². The highest BCUT2D eigenvalue weighted by molar-refractivity contribution is 7.92. The number of amides is 1. The molecule has 30 heavy (non-hydrogen) atoms. The fourth-order valence-electron chi connectivity index (χ4n) is 2.64. The number of hydrazone groups is 1. The van der Waals surface area contributed by atoms with Gasteiger partial charge in [-0.15, -0.1) is 0 Å². The van der Waals surface area contributed by atoms with E-state index in [1.807, 2.05) is 31.2 Å². The third-order valence-electron chi connectivity index (χ3n) is 4.21. The van der Waals surface area contributed by atoms with Crippen molar-refractivity contribution < 1.29 is 13.2 Å². The first-order valence-corrected chi connectivity index (χ1v) is 10.9. The molecule has 0 radical (unpaired) electrons. The van der Waals surface area contributed by atoms with Gasteiger partial charge >= 0.3 is 0 Å². The van der Waals surface area contributed by atoms with Gasteiger partial charge in [-0.2, -0.15) is 5.10 Å². The van der Waals surface area contributed by atoms with Crippen molar-refractivity contribution in [3.8, 4) is 0 Å². The Morgan fingerprint density at radius 3 is 2.27 bits per heavy atom. The van der Waals surface area contributed by atoms with Gasteiger partial charge in [-0.3, -0.25) is 9.10 Å². The summed E-state index contributed by atoms with van der Waals surface area (Å²) in [5, 5.41) is 4.38. The molecular formula is C22H20ClN3O3S. The molecule has 0 fully saturated rings. The van der Waals surface area contributed by atoms with Crippen molar-refractivity contribution >= 4 is 39.4 Å². The molecule has 3 rings (SSSR count). The van der Waals surface area contributed by atoms with Gasteiger partial charge in [0.25, 0.3) is 15.9 Å². The summed E-state index contributed by atoms with van der Waals surface area (Å²) in [4.78, 5) is 12.5. The summed E-state index contributed by atoms with van der Waals surface area (Å²) in [6.45, 7) is 1.53. The summed E-state index contributed by atoms with van der Waals surface area (Å²) in [5.41, 5.74) is 4.62. The van der Waals surface area contributed by atoms with E-state index < -0.39 is 22.5 Å². The lowest BCUT2D eigenvalue weighted by Crippen LogP contribution is -2.39. The zero-order chi connectivity index (χ0) is 21.6. The highest BCUT2D eigenvalue weighted by Crippen LogP contribution is 2.24. The summed E-state index contributed by atoms with van der Waals surface area (Å²) in [5.74, 6) is -0.576. The largest absolute Gasteiger partial charge is 0.271 e. The number of hydrogen-bond acceptors (Lipinski definition) is 4. The van der Waals surface area contributed by atoms with Crippen molar-refractivity contribution in [2.24, 2.45) is 5.10 Å². The predicted octanol–water partition coefficient (Wildman–Crippen LogP) is 3.99. The maximum absolute atomic E-state index is 13.2. The van der Waals surface area contributed by atoms with E-state index in [9.17, 15) is 13.2 Å². The molecule has 0 unspecified atom stereocenters. The van der Waals surface area contributed by atoms with E-state index >= 15 is 0 Å². The van der Waals surface area contributed by atoms with Crippen LogP contribution in [0, 0.1) is 6.92 Å². The lowest BCUT2D eigenvalue weighted by atomic mass is 10.2. The van der Waals surface area contributed by atoms with Crippen LogP contribution in [0.2, 0.25) is 5.02 Å². The Hall–Kier alpha value is -3.16. The van der Waals surface area contributed by atoms with Gasteiger partial charge in [-0.05, 0) is 48.9 Å². The van der Waals surface area contributed by atoms with Gasteiger partial charge in [0.1, 0.15) is 6.54 Å². The fourth-order valence-corrected chi connectivity index (χ4v) is 4.21. The third kappa shape index (κ3) is 5.46. The van der Waals surface area contributed by atoms with Crippen molar-refractivity contribution in [3.05, 3.63) is 95.0 Å². The van der Waals surface area contributed by atoms with Crippen molar-refractivity contribution in [1.29, 1.82) is 0 Å². The van der Waals surface area contributed by atoms with Gasteiger partial charge in [-0.1, -0.05) is 59.6 Å². The smallest absolute Gasteiger partial charge is 0.264 e. The van der Waals surface area contributed by atoms with Gasteiger partial charge in [0.05, 0.1) is 16.8 Å². The lowest BCUT2D eigenvalue weighted by Gasteiger charge is -2.23. The molecule has 1 amide bonds. The monoisotopic (exact) mass is 441 g/mol. The van der Waals surface area contributed by atoms with Gasteiger partial charge in [0, 0.05) is 5.02 Å². The SMILES string of the molecule is Cc1ccc(/C=N\NC(=O)CN(c2ccc(Cl)cc2)S(=O)(=O)c2ccccc2)cc1. The molecule has 8 heteroatoms. The van der Waals surface area contributed by atoms with Gasteiger partial charge in [0.2, 0.25) is 0 Å². The summed E-state index contributed by atoms with van der Waals surface area (Å²) in [7, 11) is -3.97. The first-order valence-electron chi connectivity index (χ1n) is 9.08. The average molecular weight is 442 g/mol. The topological polar surface area (TPSA) is 78.8 Å². The quantitative estimate of drug-likeness (QED) is 0.444. The van der Waals surface area contributed by atoms with Crippen LogP contribution >= 0.6 is 11.6 Å². The van der Waals surface area contributed by atoms with E-state index in [4.69, 9.17) is 11.6 Å². The van der Waals surface area contributed by atoms with Crippen LogP contribution in [0.4, 0.5) is 5.69 Å². The van der Waals surface area contributed by atoms with Crippen molar-refractivity contribution in [2.75, 3.05) is 10.8 Å². The first kappa shape index (κ1) is 21.5. The maximum Gasteiger partial charge on any atom is 0.264 e. The Morgan fingerprint density at radius 2 is 1.63 bits per heavy atom. The molecule has 0 saturated heterocycles. The van der Waals surface area contributed by atoms with Crippen LogP contribution in [0.1, 0.15) is 11.1 Å². The molecule has 3 aromatic carbocycles. The maximum atomic E-state index is 13.2. The van der Waals surface area contributed by atoms with Crippen LogP contribution in [0.3, 0.4) is 0 Å². The Morgan fingerprint density at radius 1 is 1.00 bits per heavy atom. The molecule has 0 aromatic heterocycles. The molecule has 6 nitrogen and oxygen atoms in total. The number of carbonyl (C=O) groups excluding carboxylic acids is 1. The third-order valence-corrected chi connectivity index (χ3v) is 6.25. The van der Waals surface area contributed by atoms with E-state index in [2.05, 4.69) is 10.5 Å². The van der Waals surface area contributed by atoms with Gasteiger partial charge in [0.15, 0.2) is 0 Å². The molecule has 1 N–H and O–H groups in total. The summed E-state index contributed by atoms with van der Waals surface area (Å²) in [6.07, 6.45) is 1.50. The summed E-state index contributed by atoms with van der Waals surface area (Å²) >= 11 is 5.92. The zero-order valence-electron chi connectivity index (χ0n) is 16.2. The molecule has 0 atom stereocenters. The Bertz CT molecular complexity index is 1130. The number of benzene rings is 3. The normalized spacial score (nSPS) is 11.4. The standard InChI is InChI=1S/C22H20ClN3O3S/c1-17-7-9-18(10-8-17)15-24-25-22(27)16-26(20-13-11-19(23)12-14-20)30(28,29)21-5-3-2-4-6-21/h2-15H,16H2,1H3,(H,25,27)/b24-15-. The number of halogens is 1. The number of sulfonamides is 1. The van der Waals surface area contributed by atoms with Crippen LogP contribution in [-0.4, -0.2) is 27.1 Å². The van der Waals surface area contributed by atoms with E-state index in [1.165, 1.54) is 18.3 Å². The number of nitrogens with zero attached hydrogens (tertiary/aromatic N) is 2. The average Bonchev–Trinajstić information content (AvgIpc) is 2.75. The summed E-state index contributed by atoms with van der Waals surface area (Å²) < 4.78 is 27.3. The molecule has 0 spiro atoms. The second kappa shape index (κ2) is 9.56. The Balaban J connectivity index is 1.81. The number of rotatable bonds is 7. The van der Waals surface area contributed by atoms with E-state index in [1.54, 1.807) is 42.5 Å². The Kier molecular flexibility index (Phi) is 6.87. The molecule has 0 saturated carbocycles. The van der Waals surface area contributed by atoms with Gasteiger partial charge < -0.3 is 0 Å². The predicted molar refractivity (Wildman–Crippen MR) is 119 cm³/mol. The Labute approximate surface area is 180 Å². The van der Waals surface area contributed by atoms with E-state index in [-0.39, 0.29) is 4.90 Å². The molecule has 0 heterocycles. The molecule has 0 aliphatic rings. The highest BCUT2D eigenvalue weighted by atomic mass is 35.5. The molecule has 0 aliphatic heterocycles. The molecule has 0 aliphatic carbocycles. The number of hydrogen-bond donors (Lipinski definition) is 1. The van der Waals surface area contributed by atoms with Crippen LogP contribution in [0.25, 0.3) is 0 Å². The lowest BCUT2D eigenvalue weighted by molar-refractivity contribution is -0.119. The zero-order valence-corrected chi connectivity index (χ0v) is 17.8. The van der Waals surface area contributed by atoms with Crippen LogP contribution < -0.4 is 9.73 Å². The van der Waals surface area contributed by atoms with E-state index in [0.717, 1.165) is 15.4 Å².